The summed E-state index contributed by atoms with van der Waals surface area (Å²) in [6, 6.07) is 15.4. The molecule has 0 aliphatic rings. The number of hydrogen-bond acceptors (Lipinski definition) is 6. The third kappa shape index (κ3) is 4.25. The minimum absolute atomic E-state index is 0.501. The number of anilines is 3. The largest absolute Gasteiger partial charge is 0.496 e. The number of H-pyrrole nitrogens is 1. The lowest BCUT2D eigenvalue weighted by atomic mass is 10.2. The zero-order valence-electron chi connectivity index (χ0n) is 16.2. The molecule has 0 unspecified atom stereocenters. The van der Waals surface area contributed by atoms with Gasteiger partial charge in [-0.3, -0.25) is 5.10 Å². The first kappa shape index (κ1) is 19.0. The molecule has 0 saturated carbocycles. The van der Waals surface area contributed by atoms with E-state index in [-0.39, 0.29) is 0 Å². The molecule has 0 fully saturated rings. The Morgan fingerprint density at radius 1 is 1.10 bits per heavy atom. The van der Waals surface area contributed by atoms with Crippen molar-refractivity contribution in [1.82, 2.24) is 20.2 Å². The third-order valence-electron chi connectivity index (χ3n) is 4.55. The van der Waals surface area contributed by atoms with Crippen molar-refractivity contribution >= 4 is 40.1 Å². The highest BCUT2D eigenvalue weighted by Gasteiger charge is 2.11. The number of aromatic amines is 1. The van der Waals surface area contributed by atoms with E-state index >= 15 is 0 Å². The van der Waals surface area contributed by atoms with Crippen molar-refractivity contribution in [2.45, 2.75) is 19.9 Å². The Hall–Kier alpha value is -3.32. The van der Waals surface area contributed by atoms with E-state index in [1.165, 1.54) is 0 Å². The summed E-state index contributed by atoms with van der Waals surface area (Å²) >= 11 is 6.05. The molecule has 0 bridgehead atoms. The number of aromatic nitrogens is 4. The summed E-state index contributed by atoms with van der Waals surface area (Å²) in [5.41, 5.74) is 2.85. The van der Waals surface area contributed by atoms with Crippen molar-refractivity contribution in [3.05, 3.63) is 64.8 Å². The summed E-state index contributed by atoms with van der Waals surface area (Å²) in [5, 5.41) is 15.4. The van der Waals surface area contributed by atoms with Crippen LogP contribution in [0.25, 0.3) is 10.9 Å². The van der Waals surface area contributed by atoms with Crippen molar-refractivity contribution in [2.75, 3.05) is 17.7 Å². The monoisotopic (exact) mass is 408 g/mol. The van der Waals surface area contributed by atoms with Crippen LogP contribution in [-0.2, 0) is 13.0 Å². The van der Waals surface area contributed by atoms with Gasteiger partial charge in [0.25, 0.3) is 0 Å². The average molecular weight is 409 g/mol. The maximum Gasteiger partial charge on any atom is 0.225 e. The van der Waals surface area contributed by atoms with E-state index in [0.717, 1.165) is 34.4 Å². The van der Waals surface area contributed by atoms with Gasteiger partial charge in [-0.1, -0.05) is 36.7 Å². The standard InChI is InChI=1S/C21H21ClN6O/c1-3-15-11-19(28-27-15)25-20-16-6-4-5-7-17(16)24-21(26-20)23-12-13-8-9-14(22)10-18(13)29-2/h4-11H,3,12H2,1-2H3,(H3,23,24,25,26,27,28). The van der Waals surface area contributed by atoms with Crippen molar-refractivity contribution in [3.8, 4) is 5.75 Å². The fourth-order valence-electron chi connectivity index (χ4n) is 3.02. The zero-order chi connectivity index (χ0) is 20.2. The number of methoxy groups -OCH3 is 1. The molecule has 0 atom stereocenters. The quantitative estimate of drug-likeness (QED) is 0.401. The fraction of sp³-hybridized carbons (Fsp3) is 0.190. The summed E-state index contributed by atoms with van der Waals surface area (Å²) in [4.78, 5) is 9.29. The van der Waals surface area contributed by atoms with Gasteiger partial charge in [-0.15, -0.1) is 0 Å². The Balaban J connectivity index is 1.63. The Bertz CT molecular complexity index is 1140. The molecule has 4 aromatic rings. The van der Waals surface area contributed by atoms with Gasteiger partial charge in [-0.2, -0.15) is 10.1 Å². The molecule has 148 valence electrons. The van der Waals surface area contributed by atoms with Gasteiger partial charge in [0, 0.05) is 34.3 Å². The van der Waals surface area contributed by atoms with E-state index in [1.54, 1.807) is 13.2 Å². The average Bonchev–Trinajstić information content (AvgIpc) is 3.20. The maximum absolute atomic E-state index is 6.05. The third-order valence-corrected chi connectivity index (χ3v) is 4.78. The van der Waals surface area contributed by atoms with Crippen LogP contribution in [-0.4, -0.2) is 27.3 Å². The van der Waals surface area contributed by atoms with Gasteiger partial charge < -0.3 is 15.4 Å². The molecule has 0 aliphatic carbocycles. The number of rotatable bonds is 7. The van der Waals surface area contributed by atoms with E-state index in [0.29, 0.717) is 29.1 Å². The number of nitrogens with one attached hydrogen (secondary N) is 3. The molecule has 4 rings (SSSR count). The van der Waals surface area contributed by atoms with Crippen LogP contribution < -0.4 is 15.4 Å². The predicted octanol–water partition coefficient (Wildman–Crippen LogP) is 4.93. The van der Waals surface area contributed by atoms with Crippen LogP contribution in [0.1, 0.15) is 18.2 Å². The minimum Gasteiger partial charge on any atom is -0.496 e. The highest BCUT2D eigenvalue weighted by atomic mass is 35.5. The first-order valence-corrected chi connectivity index (χ1v) is 9.68. The van der Waals surface area contributed by atoms with Gasteiger partial charge in [0.1, 0.15) is 11.6 Å². The van der Waals surface area contributed by atoms with E-state index in [1.807, 2.05) is 42.5 Å². The molecule has 0 radical (unpaired) electrons. The van der Waals surface area contributed by atoms with Crippen LogP contribution in [0, 0.1) is 0 Å². The number of hydrogen-bond donors (Lipinski definition) is 3. The van der Waals surface area contributed by atoms with Crippen LogP contribution >= 0.6 is 11.6 Å². The molecule has 2 heterocycles. The first-order valence-electron chi connectivity index (χ1n) is 9.30. The highest BCUT2D eigenvalue weighted by Crippen LogP contribution is 2.26. The highest BCUT2D eigenvalue weighted by molar-refractivity contribution is 6.30. The topological polar surface area (TPSA) is 87.8 Å². The number of halogens is 1. The van der Waals surface area contributed by atoms with Crippen molar-refractivity contribution in [2.24, 2.45) is 0 Å². The summed E-state index contributed by atoms with van der Waals surface area (Å²) in [6.07, 6.45) is 0.884. The molecular formula is C21H21ClN6O. The van der Waals surface area contributed by atoms with Crippen LogP contribution in [0.2, 0.25) is 5.02 Å². The Morgan fingerprint density at radius 2 is 1.97 bits per heavy atom. The van der Waals surface area contributed by atoms with E-state index < -0.39 is 0 Å². The molecule has 8 heteroatoms. The van der Waals surface area contributed by atoms with Crippen molar-refractivity contribution in [1.29, 1.82) is 0 Å². The Morgan fingerprint density at radius 3 is 2.76 bits per heavy atom. The molecule has 2 aromatic heterocycles. The lowest BCUT2D eigenvalue weighted by Gasteiger charge is -2.12. The SMILES string of the molecule is CCc1cc(Nc2nc(NCc3ccc(Cl)cc3OC)nc3ccccc23)n[nH]1. The van der Waals surface area contributed by atoms with Gasteiger partial charge in [0.2, 0.25) is 5.95 Å². The minimum atomic E-state index is 0.501. The normalized spacial score (nSPS) is 10.9. The van der Waals surface area contributed by atoms with E-state index in [4.69, 9.17) is 16.3 Å². The first-order chi connectivity index (χ1) is 14.2. The van der Waals surface area contributed by atoms with Gasteiger partial charge in [-0.05, 0) is 30.7 Å². The Labute approximate surface area is 173 Å². The van der Waals surface area contributed by atoms with Gasteiger partial charge in [-0.25, -0.2) is 4.98 Å². The number of nitrogens with zero attached hydrogens (tertiary/aromatic N) is 3. The van der Waals surface area contributed by atoms with Crippen LogP contribution in [0.5, 0.6) is 5.75 Å². The molecular weight excluding hydrogens is 388 g/mol. The predicted molar refractivity (Wildman–Crippen MR) is 116 cm³/mol. The lowest BCUT2D eigenvalue weighted by molar-refractivity contribution is 0.410. The number of fused-ring (bicyclic) bond motifs is 1. The second kappa shape index (κ2) is 8.36. The number of benzene rings is 2. The summed E-state index contributed by atoms with van der Waals surface area (Å²) < 4.78 is 5.41. The van der Waals surface area contributed by atoms with Gasteiger partial charge in [0.05, 0.1) is 12.6 Å². The van der Waals surface area contributed by atoms with Crippen LogP contribution in [0.4, 0.5) is 17.6 Å². The molecule has 7 nitrogen and oxygen atoms in total. The van der Waals surface area contributed by atoms with Gasteiger partial charge in [0.15, 0.2) is 5.82 Å². The number of aryl methyl sites for hydroxylation is 1. The number of ether oxygens (including phenoxy) is 1. The van der Waals surface area contributed by atoms with E-state index in [2.05, 4.69) is 37.7 Å². The molecule has 0 saturated heterocycles. The second-order valence-corrected chi connectivity index (χ2v) is 6.92. The molecule has 29 heavy (non-hydrogen) atoms. The van der Waals surface area contributed by atoms with E-state index in [9.17, 15) is 0 Å². The zero-order valence-corrected chi connectivity index (χ0v) is 16.9. The van der Waals surface area contributed by atoms with Gasteiger partial charge >= 0.3 is 0 Å². The van der Waals surface area contributed by atoms with Crippen LogP contribution in [0.3, 0.4) is 0 Å². The molecule has 2 aromatic carbocycles. The molecule has 0 spiro atoms. The number of para-hydroxylation sites is 1. The second-order valence-electron chi connectivity index (χ2n) is 6.48. The molecule has 0 amide bonds. The summed E-state index contributed by atoms with van der Waals surface area (Å²) in [6.45, 7) is 2.57. The van der Waals surface area contributed by atoms with Crippen LogP contribution in [0.15, 0.2) is 48.5 Å². The lowest BCUT2D eigenvalue weighted by Crippen LogP contribution is -2.07. The molecule has 0 aliphatic heterocycles. The summed E-state index contributed by atoms with van der Waals surface area (Å²) in [5.74, 6) is 2.63. The fourth-order valence-corrected chi connectivity index (χ4v) is 3.18. The smallest absolute Gasteiger partial charge is 0.225 e. The Kier molecular flexibility index (Phi) is 5.48. The molecule has 3 N–H and O–H groups in total. The maximum atomic E-state index is 6.05. The van der Waals surface area contributed by atoms with Crippen molar-refractivity contribution in [3.63, 3.8) is 0 Å². The van der Waals surface area contributed by atoms with Crippen molar-refractivity contribution < 1.29 is 4.74 Å². The summed E-state index contributed by atoms with van der Waals surface area (Å²) in [7, 11) is 1.62.